The van der Waals surface area contributed by atoms with Crippen LogP contribution in [0.15, 0.2) is 66.9 Å². The molecule has 4 aromatic rings. The standard InChI is InChI=1S/C20H17FN4O/c21-16-7-5-14(6-8-16)11-22-19-9-10-20-23-12-18(25(20)24-19)17-4-2-1-3-15(17)13-26/h1-10,12,26H,11,13H2,(H,22,24). The number of anilines is 1. The topological polar surface area (TPSA) is 62.5 Å². The van der Waals surface area contributed by atoms with Crippen molar-refractivity contribution in [2.24, 2.45) is 0 Å². The lowest BCUT2D eigenvalue weighted by atomic mass is 10.1. The molecule has 0 radical (unpaired) electrons. The van der Waals surface area contributed by atoms with Gasteiger partial charge in [0.25, 0.3) is 0 Å². The summed E-state index contributed by atoms with van der Waals surface area (Å²) < 4.78 is 14.7. The number of nitrogens with one attached hydrogen (secondary N) is 1. The zero-order valence-corrected chi connectivity index (χ0v) is 13.9. The number of benzene rings is 2. The van der Waals surface area contributed by atoms with Crippen molar-refractivity contribution in [3.8, 4) is 11.3 Å². The van der Waals surface area contributed by atoms with Crippen LogP contribution in [0.5, 0.6) is 0 Å². The Bertz CT molecular complexity index is 1040. The minimum atomic E-state index is -0.251. The van der Waals surface area contributed by atoms with Gasteiger partial charge in [-0.3, -0.25) is 0 Å². The van der Waals surface area contributed by atoms with E-state index in [9.17, 15) is 9.50 Å². The minimum Gasteiger partial charge on any atom is -0.392 e. The molecule has 26 heavy (non-hydrogen) atoms. The van der Waals surface area contributed by atoms with Gasteiger partial charge in [-0.2, -0.15) is 0 Å². The van der Waals surface area contributed by atoms with E-state index in [-0.39, 0.29) is 12.4 Å². The van der Waals surface area contributed by atoms with E-state index in [0.717, 1.165) is 28.0 Å². The number of aliphatic hydroxyl groups excluding tert-OH is 1. The molecule has 6 heteroatoms. The van der Waals surface area contributed by atoms with Crippen LogP contribution in [-0.2, 0) is 13.2 Å². The van der Waals surface area contributed by atoms with Gasteiger partial charge in [0.15, 0.2) is 5.65 Å². The van der Waals surface area contributed by atoms with E-state index >= 15 is 0 Å². The van der Waals surface area contributed by atoms with Gasteiger partial charge in [0.05, 0.1) is 18.5 Å². The van der Waals surface area contributed by atoms with Crippen LogP contribution in [0.2, 0.25) is 0 Å². The molecule has 0 bridgehead atoms. The van der Waals surface area contributed by atoms with E-state index < -0.39 is 0 Å². The summed E-state index contributed by atoms with van der Waals surface area (Å²) in [5, 5.41) is 17.4. The number of hydrogen-bond acceptors (Lipinski definition) is 4. The normalized spacial score (nSPS) is 11.0. The highest BCUT2D eigenvalue weighted by Gasteiger charge is 2.11. The van der Waals surface area contributed by atoms with E-state index in [0.29, 0.717) is 12.4 Å². The molecule has 2 aromatic heterocycles. The third-order valence-electron chi connectivity index (χ3n) is 4.21. The molecule has 130 valence electrons. The molecule has 2 N–H and O–H groups in total. The average molecular weight is 348 g/mol. The molecular formula is C20H17FN4O. The van der Waals surface area contributed by atoms with Gasteiger partial charge >= 0.3 is 0 Å². The molecule has 2 aromatic carbocycles. The van der Waals surface area contributed by atoms with Crippen molar-refractivity contribution in [3.05, 3.63) is 83.8 Å². The maximum absolute atomic E-state index is 13.0. The van der Waals surface area contributed by atoms with E-state index in [4.69, 9.17) is 0 Å². The van der Waals surface area contributed by atoms with Crippen LogP contribution in [0.1, 0.15) is 11.1 Å². The Morgan fingerprint density at radius 2 is 1.81 bits per heavy atom. The van der Waals surface area contributed by atoms with E-state index in [1.54, 1.807) is 22.8 Å². The smallest absolute Gasteiger partial charge is 0.154 e. The molecule has 4 rings (SSSR count). The number of halogens is 1. The molecule has 5 nitrogen and oxygen atoms in total. The SMILES string of the molecule is OCc1ccccc1-c1cnc2ccc(NCc3ccc(F)cc3)nn12. The van der Waals surface area contributed by atoms with Crippen LogP contribution >= 0.6 is 0 Å². The Balaban J connectivity index is 1.65. The second-order valence-corrected chi connectivity index (χ2v) is 5.93. The van der Waals surface area contributed by atoms with Crippen molar-refractivity contribution in [2.75, 3.05) is 5.32 Å². The molecule has 0 atom stereocenters. The molecule has 0 fully saturated rings. The highest BCUT2D eigenvalue weighted by molar-refractivity contribution is 5.67. The number of rotatable bonds is 5. The third-order valence-corrected chi connectivity index (χ3v) is 4.21. The summed E-state index contributed by atoms with van der Waals surface area (Å²) >= 11 is 0. The molecule has 0 saturated carbocycles. The Hall–Kier alpha value is -3.25. The average Bonchev–Trinajstić information content (AvgIpc) is 3.10. The van der Waals surface area contributed by atoms with Crippen LogP contribution in [0.25, 0.3) is 16.9 Å². The second-order valence-electron chi connectivity index (χ2n) is 5.93. The van der Waals surface area contributed by atoms with Gasteiger partial charge in [-0.1, -0.05) is 36.4 Å². The number of aliphatic hydroxyl groups is 1. The minimum absolute atomic E-state index is 0.0497. The van der Waals surface area contributed by atoms with Crippen molar-refractivity contribution in [2.45, 2.75) is 13.2 Å². The molecule has 0 unspecified atom stereocenters. The third kappa shape index (κ3) is 3.14. The van der Waals surface area contributed by atoms with Crippen molar-refractivity contribution in [3.63, 3.8) is 0 Å². The summed E-state index contributed by atoms with van der Waals surface area (Å²) in [6, 6.07) is 17.7. The highest BCUT2D eigenvalue weighted by atomic mass is 19.1. The van der Waals surface area contributed by atoms with Gasteiger partial charge < -0.3 is 10.4 Å². The lowest BCUT2D eigenvalue weighted by Gasteiger charge is -2.09. The second kappa shape index (κ2) is 6.93. The molecule has 0 aliphatic rings. The lowest BCUT2D eigenvalue weighted by molar-refractivity contribution is 0.282. The van der Waals surface area contributed by atoms with Gasteiger partial charge in [-0.05, 0) is 35.4 Å². The number of imidazole rings is 1. The van der Waals surface area contributed by atoms with Crippen molar-refractivity contribution < 1.29 is 9.50 Å². The Labute approximate surface area is 149 Å². The molecule has 0 saturated heterocycles. The summed E-state index contributed by atoms with van der Waals surface area (Å²) in [4.78, 5) is 4.39. The summed E-state index contributed by atoms with van der Waals surface area (Å²) in [6.45, 7) is 0.488. The molecule has 0 aliphatic carbocycles. The molecule has 2 heterocycles. The molecule has 0 amide bonds. The van der Waals surface area contributed by atoms with Gasteiger partial charge in [0.2, 0.25) is 0 Å². The summed E-state index contributed by atoms with van der Waals surface area (Å²) in [7, 11) is 0. The van der Waals surface area contributed by atoms with Crippen molar-refractivity contribution >= 4 is 11.5 Å². The zero-order valence-electron chi connectivity index (χ0n) is 13.9. The molecule has 0 aliphatic heterocycles. The van der Waals surface area contributed by atoms with Crippen LogP contribution in [0.3, 0.4) is 0 Å². The van der Waals surface area contributed by atoms with E-state index in [1.165, 1.54) is 12.1 Å². The number of aromatic nitrogens is 3. The fourth-order valence-electron chi connectivity index (χ4n) is 2.85. The predicted molar refractivity (Wildman–Crippen MR) is 98.1 cm³/mol. The zero-order chi connectivity index (χ0) is 17.9. The van der Waals surface area contributed by atoms with Gasteiger partial charge in [0, 0.05) is 12.1 Å². The predicted octanol–water partition coefficient (Wildman–Crippen LogP) is 3.64. The summed E-state index contributed by atoms with van der Waals surface area (Å²) in [6.07, 6.45) is 1.75. The number of nitrogens with zero attached hydrogens (tertiary/aromatic N) is 3. The number of fused-ring (bicyclic) bond motifs is 1. The van der Waals surface area contributed by atoms with E-state index in [2.05, 4.69) is 15.4 Å². The Morgan fingerprint density at radius 3 is 2.62 bits per heavy atom. The van der Waals surface area contributed by atoms with Crippen LogP contribution < -0.4 is 5.32 Å². The van der Waals surface area contributed by atoms with Gasteiger partial charge in [-0.15, -0.1) is 5.10 Å². The van der Waals surface area contributed by atoms with Crippen molar-refractivity contribution in [1.82, 2.24) is 14.6 Å². The molecule has 0 spiro atoms. The molecular weight excluding hydrogens is 331 g/mol. The lowest BCUT2D eigenvalue weighted by Crippen LogP contribution is -2.05. The van der Waals surface area contributed by atoms with Gasteiger partial charge in [-0.25, -0.2) is 13.9 Å². The van der Waals surface area contributed by atoms with E-state index in [1.807, 2.05) is 36.4 Å². The first-order valence-corrected chi connectivity index (χ1v) is 8.27. The fourth-order valence-corrected chi connectivity index (χ4v) is 2.85. The fraction of sp³-hybridized carbons (Fsp3) is 0.100. The maximum Gasteiger partial charge on any atom is 0.154 e. The summed E-state index contributed by atoms with van der Waals surface area (Å²) in [5.74, 6) is 0.432. The largest absolute Gasteiger partial charge is 0.392 e. The van der Waals surface area contributed by atoms with Gasteiger partial charge in [0.1, 0.15) is 11.6 Å². The monoisotopic (exact) mass is 348 g/mol. The van der Waals surface area contributed by atoms with Crippen LogP contribution in [-0.4, -0.2) is 19.7 Å². The Kier molecular flexibility index (Phi) is 4.33. The number of hydrogen-bond donors (Lipinski definition) is 2. The van der Waals surface area contributed by atoms with Crippen molar-refractivity contribution in [1.29, 1.82) is 0 Å². The quantitative estimate of drug-likeness (QED) is 0.578. The first-order valence-electron chi connectivity index (χ1n) is 8.27. The van der Waals surface area contributed by atoms with Crippen LogP contribution in [0.4, 0.5) is 10.2 Å². The first-order chi connectivity index (χ1) is 12.7. The first kappa shape index (κ1) is 16.2. The summed E-state index contributed by atoms with van der Waals surface area (Å²) in [5.41, 5.74) is 4.21. The van der Waals surface area contributed by atoms with Crippen LogP contribution in [0, 0.1) is 5.82 Å². The highest BCUT2D eigenvalue weighted by Crippen LogP contribution is 2.24. The Morgan fingerprint density at radius 1 is 1.00 bits per heavy atom. The maximum atomic E-state index is 13.0.